The zero-order chi connectivity index (χ0) is 12.7. The number of hydrogen-bond donors (Lipinski definition) is 1. The smallest absolute Gasteiger partial charge is 0.0503 e. The van der Waals surface area contributed by atoms with Crippen LogP contribution >= 0.6 is 0 Å². The minimum atomic E-state index is 0.684. The Bertz CT molecular complexity index is 197. The van der Waals surface area contributed by atoms with Gasteiger partial charge in [0.2, 0.25) is 0 Å². The molecule has 0 saturated carbocycles. The standard InChI is InChI=1S/C14H30N2O/c1-5-7-15-9-14(12(2)3)16-8-6-13(10-16)11-17-4/h12-15H,5-11H2,1-4H3. The van der Waals surface area contributed by atoms with Gasteiger partial charge >= 0.3 is 0 Å². The van der Waals surface area contributed by atoms with Gasteiger partial charge in [-0.25, -0.2) is 0 Å². The summed E-state index contributed by atoms with van der Waals surface area (Å²) in [4.78, 5) is 2.65. The molecule has 1 fully saturated rings. The van der Waals surface area contributed by atoms with Gasteiger partial charge in [0.05, 0.1) is 6.61 Å². The third-order valence-electron chi connectivity index (χ3n) is 3.74. The molecule has 3 heteroatoms. The van der Waals surface area contributed by atoms with Crippen LogP contribution in [0.5, 0.6) is 0 Å². The molecule has 0 aromatic carbocycles. The number of ether oxygens (including phenoxy) is 1. The third kappa shape index (κ3) is 4.94. The third-order valence-corrected chi connectivity index (χ3v) is 3.74. The van der Waals surface area contributed by atoms with E-state index in [2.05, 4.69) is 31.0 Å². The van der Waals surface area contributed by atoms with Crippen LogP contribution in [0.4, 0.5) is 0 Å². The molecule has 3 nitrogen and oxygen atoms in total. The highest BCUT2D eigenvalue weighted by molar-refractivity contribution is 4.84. The summed E-state index contributed by atoms with van der Waals surface area (Å²) in [5, 5.41) is 3.57. The fourth-order valence-corrected chi connectivity index (χ4v) is 2.75. The summed E-state index contributed by atoms with van der Waals surface area (Å²) < 4.78 is 5.27. The van der Waals surface area contributed by atoms with Crippen molar-refractivity contribution in [3.05, 3.63) is 0 Å². The lowest BCUT2D eigenvalue weighted by atomic mass is 10.0. The first-order valence-electron chi connectivity index (χ1n) is 7.12. The van der Waals surface area contributed by atoms with Gasteiger partial charge < -0.3 is 10.1 Å². The predicted molar refractivity (Wildman–Crippen MR) is 73.3 cm³/mol. The van der Waals surface area contributed by atoms with Gasteiger partial charge in [0.15, 0.2) is 0 Å². The molecular weight excluding hydrogens is 212 g/mol. The fraction of sp³-hybridized carbons (Fsp3) is 1.00. The Kier molecular flexibility index (Phi) is 7.09. The summed E-state index contributed by atoms with van der Waals surface area (Å²) >= 11 is 0. The van der Waals surface area contributed by atoms with Crippen LogP contribution in [0.25, 0.3) is 0 Å². The molecule has 0 aromatic heterocycles. The summed E-state index contributed by atoms with van der Waals surface area (Å²) in [6.45, 7) is 12.5. The van der Waals surface area contributed by atoms with E-state index in [1.54, 1.807) is 0 Å². The quantitative estimate of drug-likeness (QED) is 0.659. The maximum absolute atomic E-state index is 5.27. The van der Waals surface area contributed by atoms with E-state index in [0.29, 0.717) is 6.04 Å². The summed E-state index contributed by atoms with van der Waals surface area (Å²) in [5.74, 6) is 1.47. The molecule has 0 bridgehead atoms. The largest absolute Gasteiger partial charge is 0.384 e. The molecule has 1 heterocycles. The molecule has 2 atom stereocenters. The molecule has 17 heavy (non-hydrogen) atoms. The van der Waals surface area contributed by atoms with Crippen LogP contribution in [0.1, 0.15) is 33.6 Å². The molecule has 1 aliphatic heterocycles. The second kappa shape index (κ2) is 8.06. The SMILES string of the molecule is CCCNCC(C(C)C)N1CCC(COC)C1. The minimum absolute atomic E-state index is 0.684. The molecule has 0 spiro atoms. The van der Waals surface area contributed by atoms with E-state index >= 15 is 0 Å². The first-order valence-corrected chi connectivity index (χ1v) is 7.12. The van der Waals surface area contributed by atoms with Crippen LogP contribution in [-0.4, -0.2) is 50.8 Å². The summed E-state index contributed by atoms with van der Waals surface area (Å²) in [6, 6.07) is 0.684. The average Bonchev–Trinajstić information content (AvgIpc) is 2.73. The highest BCUT2D eigenvalue weighted by atomic mass is 16.5. The van der Waals surface area contributed by atoms with Crippen molar-refractivity contribution in [2.24, 2.45) is 11.8 Å². The first kappa shape index (κ1) is 14.9. The van der Waals surface area contributed by atoms with E-state index in [1.165, 1.54) is 25.9 Å². The second-order valence-corrected chi connectivity index (χ2v) is 5.62. The summed E-state index contributed by atoms with van der Waals surface area (Å²) in [6.07, 6.45) is 2.52. The molecule has 1 rings (SSSR count). The number of nitrogens with one attached hydrogen (secondary N) is 1. The van der Waals surface area contributed by atoms with E-state index in [9.17, 15) is 0 Å². The van der Waals surface area contributed by atoms with Crippen LogP contribution in [0, 0.1) is 11.8 Å². The van der Waals surface area contributed by atoms with Crippen LogP contribution in [0.3, 0.4) is 0 Å². The fourth-order valence-electron chi connectivity index (χ4n) is 2.75. The maximum atomic E-state index is 5.27. The van der Waals surface area contributed by atoms with Gasteiger partial charge in [-0.3, -0.25) is 4.90 Å². The number of hydrogen-bond acceptors (Lipinski definition) is 3. The molecule has 1 saturated heterocycles. The highest BCUT2D eigenvalue weighted by Gasteiger charge is 2.29. The number of rotatable bonds is 8. The molecule has 0 amide bonds. The zero-order valence-corrected chi connectivity index (χ0v) is 12.0. The molecule has 2 unspecified atom stereocenters. The summed E-state index contributed by atoms with van der Waals surface area (Å²) in [7, 11) is 1.81. The Labute approximate surface area is 107 Å². The van der Waals surface area contributed by atoms with Gasteiger partial charge in [-0.1, -0.05) is 20.8 Å². The molecule has 0 radical (unpaired) electrons. The van der Waals surface area contributed by atoms with Gasteiger partial charge in [0, 0.05) is 26.2 Å². The number of methoxy groups -OCH3 is 1. The van der Waals surface area contributed by atoms with Crippen molar-refractivity contribution < 1.29 is 4.74 Å². The zero-order valence-electron chi connectivity index (χ0n) is 12.0. The normalized spacial score (nSPS) is 23.5. The van der Waals surface area contributed by atoms with E-state index in [4.69, 9.17) is 4.74 Å². The van der Waals surface area contributed by atoms with Gasteiger partial charge in [0.1, 0.15) is 0 Å². The van der Waals surface area contributed by atoms with Crippen LogP contribution in [-0.2, 0) is 4.74 Å². The summed E-state index contributed by atoms with van der Waals surface area (Å²) in [5.41, 5.74) is 0. The predicted octanol–water partition coefficient (Wildman–Crippen LogP) is 1.98. The van der Waals surface area contributed by atoms with E-state index in [0.717, 1.165) is 31.5 Å². The molecule has 0 aliphatic carbocycles. The van der Waals surface area contributed by atoms with Gasteiger partial charge in [0.25, 0.3) is 0 Å². The minimum Gasteiger partial charge on any atom is -0.384 e. The Morgan fingerprint density at radius 3 is 2.76 bits per heavy atom. The van der Waals surface area contributed by atoms with Gasteiger partial charge in [-0.05, 0) is 37.8 Å². The van der Waals surface area contributed by atoms with E-state index in [-0.39, 0.29) is 0 Å². The average molecular weight is 242 g/mol. The van der Waals surface area contributed by atoms with Crippen molar-refractivity contribution in [1.82, 2.24) is 10.2 Å². The first-order chi connectivity index (χ1) is 8.19. The molecule has 1 N–H and O–H groups in total. The van der Waals surface area contributed by atoms with Crippen molar-refractivity contribution in [3.63, 3.8) is 0 Å². The van der Waals surface area contributed by atoms with Crippen LogP contribution in [0.2, 0.25) is 0 Å². The van der Waals surface area contributed by atoms with Gasteiger partial charge in [-0.15, -0.1) is 0 Å². The Morgan fingerprint density at radius 1 is 1.41 bits per heavy atom. The van der Waals surface area contributed by atoms with Crippen molar-refractivity contribution in [1.29, 1.82) is 0 Å². The van der Waals surface area contributed by atoms with Crippen molar-refractivity contribution in [3.8, 4) is 0 Å². The Morgan fingerprint density at radius 2 is 2.18 bits per heavy atom. The number of nitrogens with zero attached hydrogens (tertiary/aromatic N) is 1. The lowest BCUT2D eigenvalue weighted by molar-refractivity contribution is 0.137. The highest BCUT2D eigenvalue weighted by Crippen LogP contribution is 2.22. The van der Waals surface area contributed by atoms with E-state index < -0.39 is 0 Å². The van der Waals surface area contributed by atoms with Gasteiger partial charge in [-0.2, -0.15) is 0 Å². The van der Waals surface area contributed by atoms with Crippen molar-refractivity contribution in [2.45, 2.75) is 39.7 Å². The topological polar surface area (TPSA) is 24.5 Å². The lowest BCUT2D eigenvalue weighted by Gasteiger charge is -2.31. The Hall–Kier alpha value is -0.120. The van der Waals surface area contributed by atoms with E-state index in [1.807, 2.05) is 7.11 Å². The van der Waals surface area contributed by atoms with Crippen molar-refractivity contribution >= 4 is 0 Å². The molecule has 1 aliphatic rings. The molecular formula is C14H30N2O. The molecule has 102 valence electrons. The van der Waals surface area contributed by atoms with Crippen LogP contribution in [0.15, 0.2) is 0 Å². The second-order valence-electron chi connectivity index (χ2n) is 5.62. The van der Waals surface area contributed by atoms with Crippen LogP contribution < -0.4 is 5.32 Å². The number of likely N-dealkylation sites (tertiary alicyclic amines) is 1. The lowest BCUT2D eigenvalue weighted by Crippen LogP contribution is -2.44. The van der Waals surface area contributed by atoms with Crippen molar-refractivity contribution in [2.75, 3.05) is 39.9 Å². The molecule has 0 aromatic rings. The monoisotopic (exact) mass is 242 g/mol. The Balaban J connectivity index is 2.37. The maximum Gasteiger partial charge on any atom is 0.0503 e.